The van der Waals surface area contributed by atoms with E-state index in [1.807, 2.05) is 54.6 Å². The highest BCUT2D eigenvalue weighted by Crippen LogP contribution is 2.35. The number of aliphatic hydroxyl groups is 1. The maximum Gasteiger partial charge on any atom is 0.163 e. The number of benzene rings is 2. The van der Waals surface area contributed by atoms with E-state index in [-0.39, 0.29) is 17.5 Å². The molecular weight excluding hydrogens is 340 g/mol. The van der Waals surface area contributed by atoms with Gasteiger partial charge in [-0.2, -0.15) is 0 Å². The van der Waals surface area contributed by atoms with E-state index in [0.29, 0.717) is 24.8 Å². The van der Waals surface area contributed by atoms with Crippen molar-refractivity contribution in [3.8, 4) is 0 Å². The van der Waals surface area contributed by atoms with Gasteiger partial charge in [-0.15, -0.1) is 0 Å². The van der Waals surface area contributed by atoms with Gasteiger partial charge in [-0.25, -0.2) is 0 Å². The van der Waals surface area contributed by atoms with Crippen LogP contribution in [0.5, 0.6) is 0 Å². The number of ketones is 1. The Labute approximate surface area is 138 Å². The first kappa shape index (κ1) is 15.0. The molecule has 0 bridgehead atoms. The Morgan fingerprint density at radius 1 is 1.00 bits per heavy atom. The third-order valence-electron chi connectivity index (χ3n) is 4.15. The average molecular weight is 357 g/mol. The fraction of sp³-hybridized carbons (Fsp3) is 0.211. The molecule has 0 aliphatic heterocycles. The van der Waals surface area contributed by atoms with Gasteiger partial charge in [-0.1, -0.05) is 64.5 Å². The molecule has 1 N–H and O–H groups in total. The van der Waals surface area contributed by atoms with Crippen LogP contribution in [0.15, 0.2) is 70.4 Å². The lowest BCUT2D eigenvalue weighted by Crippen LogP contribution is -2.20. The van der Waals surface area contributed by atoms with Crippen molar-refractivity contribution < 1.29 is 9.90 Å². The highest BCUT2D eigenvalue weighted by Gasteiger charge is 2.28. The molecule has 2 aromatic carbocycles. The molecule has 1 aliphatic rings. The second-order valence-corrected chi connectivity index (χ2v) is 6.49. The van der Waals surface area contributed by atoms with Gasteiger partial charge in [0.05, 0.1) is 5.76 Å². The zero-order valence-electron chi connectivity index (χ0n) is 12.1. The molecule has 0 aromatic heterocycles. The molecular formula is C19H17BrO2. The smallest absolute Gasteiger partial charge is 0.163 e. The summed E-state index contributed by atoms with van der Waals surface area (Å²) in [6.07, 6.45) is 1.48. The molecule has 0 amide bonds. The minimum Gasteiger partial charge on any atom is -0.512 e. The Hall–Kier alpha value is -1.87. The van der Waals surface area contributed by atoms with Crippen LogP contribution in [0.4, 0.5) is 0 Å². The van der Waals surface area contributed by atoms with Crippen LogP contribution in [0.3, 0.4) is 0 Å². The van der Waals surface area contributed by atoms with Gasteiger partial charge < -0.3 is 5.11 Å². The summed E-state index contributed by atoms with van der Waals surface area (Å²) in [5, 5.41) is 10.4. The van der Waals surface area contributed by atoms with Crippen LogP contribution in [0.2, 0.25) is 0 Å². The zero-order chi connectivity index (χ0) is 15.5. The molecule has 1 aliphatic carbocycles. The first-order chi connectivity index (χ1) is 10.6. The molecule has 0 fully saturated rings. The summed E-state index contributed by atoms with van der Waals surface area (Å²) < 4.78 is 0.966. The molecule has 22 heavy (non-hydrogen) atoms. The number of carbonyl (C=O) groups excluding carboxylic acids is 1. The number of aliphatic hydroxyl groups excluding tert-OH is 1. The van der Waals surface area contributed by atoms with Gasteiger partial charge in [-0.3, -0.25) is 4.79 Å². The average Bonchev–Trinajstić information content (AvgIpc) is 2.53. The van der Waals surface area contributed by atoms with Crippen molar-refractivity contribution in [1.29, 1.82) is 0 Å². The van der Waals surface area contributed by atoms with Crippen LogP contribution < -0.4 is 0 Å². The molecule has 0 saturated carbocycles. The second kappa shape index (κ2) is 6.49. The summed E-state index contributed by atoms with van der Waals surface area (Å²) in [6.45, 7) is 0. The topological polar surface area (TPSA) is 37.3 Å². The molecule has 2 aromatic rings. The van der Waals surface area contributed by atoms with Gasteiger partial charge in [0.2, 0.25) is 0 Å². The van der Waals surface area contributed by atoms with Crippen molar-refractivity contribution in [3.63, 3.8) is 0 Å². The zero-order valence-corrected chi connectivity index (χ0v) is 13.7. The molecule has 0 radical (unpaired) electrons. The van der Waals surface area contributed by atoms with Crippen molar-refractivity contribution in [2.75, 3.05) is 0 Å². The van der Waals surface area contributed by atoms with E-state index in [0.717, 1.165) is 15.6 Å². The molecule has 2 nitrogen and oxygen atoms in total. The quantitative estimate of drug-likeness (QED) is 0.844. The normalized spacial score (nSPS) is 18.6. The largest absolute Gasteiger partial charge is 0.512 e. The van der Waals surface area contributed by atoms with Gasteiger partial charge in [0, 0.05) is 29.3 Å². The maximum absolute atomic E-state index is 12.5. The number of halogens is 1. The Balaban J connectivity index is 1.84. The van der Waals surface area contributed by atoms with Crippen molar-refractivity contribution >= 4 is 21.7 Å². The predicted molar refractivity (Wildman–Crippen MR) is 90.9 cm³/mol. The van der Waals surface area contributed by atoms with Gasteiger partial charge in [0.1, 0.15) is 0 Å². The van der Waals surface area contributed by atoms with Crippen molar-refractivity contribution in [2.45, 2.75) is 25.2 Å². The molecule has 3 rings (SSSR count). The predicted octanol–water partition coefficient (Wildman–Crippen LogP) is 4.95. The van der Waals surface area contributed by atoms with E-state index in [4.69, 9.17) is 0 Å². The number of carbonyl (C=O) groups is 1. The molecule has 1 atom stereocenters. The number of hydrogen-bond acceptors (Lipinski definition) is 2. The van der Waals surface area contributed by atoms with E-state index < -0.39 is 0 Å². The highest BCUT2D eigenvalue weighted by molar-refractivity contribution is 9.10. The highest BCUT2D eigenvalue weighted by atomic mass is 79.9. The molecule has 0 heterocycles. The Bertz CT molecular complexity index is 719. The molecule has 3 heteroatoms. The van der Waals surface area contributed by atoms with Crippen molar-refractivity contribution in [3.05, 3.63) is 81.5 Å². The summed E-state index contributed by atoms with van der Waals surface area (Å²) in [4.78, 5) is 12.5. The Kier molecular flexibility index (Phi) is 4.44. The first-order valence-electron chi connectivity index (χ1n) is 7.37. The summed E-state index contributed by atoms with van der Waals surface area (Å²) in [5.74, 6) is 0.367. The lowest BCUT2D eigenvalue weighted by atomic mass is 9.81. The molecule has 0 saturated heterocycles. The van der Waals surface area contributed by atoms with E-state index in [1.54, 1.807) is 0 Å². The van der Waals surface area contributed by atoms with Gasteiger partial charge >= 0.3 is 0 Å². The molecule has 0 spiro atoms. The Morgan fingerprint density at radius 2 is 1.68 bits per heavy atom. The number of hydrogen-bond donors (Lipinski definition) is 1. The van der Waals surface area contributed by atoms with E-state index in [1.165, 1.54) is 0 Å². The van der Waals surface area contributed by atoms with Crippen LogP contribution in [-0.4, -0.2) is 10.9 Å². The minimum atomic E-state index is 0.0494. The second-order valence-electron chi connectivity index (χ2n) is 5.63. The summed E-state index contributed by atoms with van der Waals surface area (Å²) in [7, 11) is 0. The van der Waals surface area contributed by atoms with Gasteiger partial charge in [0.15, 0.2) is 5.78 Å². The Morgan fingerprint density at radius 3 is 2.36 bits per heavy atom. The maximum atomic E-state index is 12.5. The summed E-state index contributed by atoms with van der Waals surface area (Å²) in [5.41, 5.74) is 2.69. The lowest BCUT2D eigenvalue weighted by Gasteiger charge is -2.24. The first-order valence-corrected chi connectivity index (χ1v) is 8.17. The molecule has 112 valence electrons. The van der Waals surface area contributed by atoms with Crippen molar-refractivity contribution in [2.24, 2.45) is 0 Å². The van der Waals surface area contributed by atoms with Crippen LogP contribution >= 0.6 is 15.9 Å². The summed E-state index contributed by atoms with van der Waals surface area (Å²) >= 11 is 3.50. The minimum absolute atomic E-state index is 0.0494. The van der Waals surface area contributed by atoms with Crippen LogP contribution in [0, 0.1) is 0 Å². The molecule has 1 unspecified atom stereocenters. The van der Waals surface area contributed by atoms with Crippen molar-refractivity contribution in [1.82, 2.24) is 0 Å². The van der Waals surface area contributed by atoms with E-state index in [9.17, 15) is 9.90 Å². The number of allylic oxidation sites excluding steroid dienone is 2. The monoisotopic (exact) mass is 356 g/mol. The van der Waals surface area contributed by atoms with Crippen LogP contribution in [0.25, 0.3) is 0 Å². The van der Waals surface area contributed by atoms with Gasteiger partial charge in [-0.05, 0) is 23.1 Å². The van der Waals surface area contributed by atoms with Crippen LogP contribution in [0.1, 0.15) is 29.9 Å². The standard InChI is InChI=1S/C19H17BrO2/c20-17-9-5-4-8-14(17)10-16-18(21)11-15(12-19(16)22)13-6-2-1-3-7-13/h1-9,15,21H,10-12H2. The SMILES string of the molecule is O=C1CC(c2ccccc2)CC(O)=C1Cc1ccccc1Br. The van der Waals surface area contributed by atoms with Gasteiger partial charge in [0.25, 0.3) is 0 Å². The van der Waals surface area contributed by atoms with E-state index in [2.05, 4.69) is 15.9 Å². The fourth-order valence-corrected chi connectivity index (χ4v) is 3.36. The lowest BCUT2D eigenvalue weighted by molar-refractivity contribution is -0.116. The third-order valence-corrected chi connectivity index (χ3v) is 4.93. The summed E-state index contributed by atoms with van der Waals surface area (Å²) in [6, 6.07) is 17.7. The number of rotatable bonds is 3. The third kappa shape index (κ3) is 3.14. The van der Waals surface area contributed by atoms with Crippen LogP contribution in [-0.2, 0) is 11.2 Å². The number of Topliss-reactive ketones (excluding diaryl/α,β-unsaturated/α-hetero) is 1. The van der Waals surface area contributed by atoms with E-state index >= 15 is 0 Å². The fourth-order valence-electron chi connectivity index (χ4n) is 2.93.